The summed E-state index contributed by atoms with van der Waals surface area (Å²) in [5.41, 5.74) is 3.71. The lowest BCUT2D eigenvalue weighted by Gasteiger charge is -2.16. The lowest BCUT2D eigenvalue weighted by molar-refractivity contribution is 0.0748. The summed E-state index contributed by atoms with van der Waals surface area (Å²) in [6.07, 6.45) is 0. The Balaban J connectivity index is 1.55. The zero-order valence-electron chi connectivity index (χ0n) is 16.4. The third kappa shape index (κ3) is 3.76. The van der Waals surface area contributed by atoms with Crippen LogP contribution >= 0.6 is 0 Å². The zero-order valence-corrected chi connectivity index (χ0v) is 16.4. The average Bonchev–Trinajstić information content (AvgIpc) is 3.31. The van der Waals surface area contributed by atoms with Crippen LogP contribution in [-0.4, -0.2) is 53.5 Å². The van der Waals surface area contributed by atoms with Gasteiger partial charge in [0.25, 0.3) is 5.91 Å². The summed E-state index contributed by atoms with van der Waals surface area (Å²) in [5.74, 6) is 0.437. The standard InChI is InChI=1S/C21H23N3O5/c1-27-5-6-29-15-4-3-13-10-24(11-14(13)7-15)21(26)17-8-16-18(9-20(17)25)22-23-19(16)12-28-2/h3-4,7-9,25H,5-6,10-12H2,1-2H3,(H,22,23). The Morgan fingerprint density at radius 1 is 1.14 bits per heavy atom. The topological polar surface area (TPSA) is 96.9 Å². The van der Waals surface area contributed by atoms with Crippen LogP contribution < -0.4 is 4.74 Å². The van der Waals surface area contributed by atoms with Gasteiger partial charge in [-0.3, -0.25) is 9.89 Å². The molecule has 1 aliphatic heterocycles. The minimum Gasteiger partial charge on any atom is -0.507 e. The number of ether oxygens (including phenoxy) is 3. The van der Waals surface area contributed by atoms with E-state index in [-0.39, 0.29) is 17.2 Å². The first kappa shape index (κ1) is 19.2. The van der Waals surface area contributed by atoms with Crippen molar-refractivity contribution in [2.24, 2.45) is 0 Å². The monoisotopic (exact) mass is 397 g/mol. The van der Waals surface area contributed by atoms with E-state index >= 15 is 0 Å². The van der Waals surface area contributed by atoms with E-state index in [4.69, 9.17) is 14.2 Å². The summed E-state index contributed by atoms with van der Waals surface area (Å²) < 4.78 is 15.8. The first-order valence-electron chi connectivity index (χ1n) is 9.32. The van der Waals surface area contributed by atoms with Crippen LogP contribution in [0.1, 0.15) is 27.2 Å². The van der Waals surface area contributed by atoms with Crippen LogP contribution in [0, 0.1) is 0 Å². The van der Waals surface area contributed by atoms with Gasteiger partial charge in [-0.2, -0.15) is 5.10 Å². The number of nitrogens with one attached hydrogen (secondary N) is 1. The molecule has 8 nitrogen and oxygen atoms in total. The highest BCUT2D eigenvalue weighted by molar-refractivity contribution is 6.01. The Hall–Kier alpha value is -3.10. The number of H-pyrrole nitrogens is 1. The van der Waals surface area contributed by atoms with Crippen molar-refractivity contribution in [2.45, 2.75) is 19.7 Å². The molecule has 8 heteroatoms. The predicted octanol–water partition coefficient (Wildman–Crippen LogP) is 2.60. The maximum Gasteiger partial charge on any atom is 0.258 e. The molecule has 1 amide bonds. The molecule has 2 heterocycles. The largest absolute Gasteiger partial charge is 0.507 e. The zero-order chi connectivity index (χ0) is 20.4. The Bertz CT molecular complexity index is 1050. The van der Waals surface area contributed by atoms with Gasteiger partial charge >= 0.3 is 0 Å². The number of aromatic nitrogens is 2. The number of amides is 1. The Morgan fingerprint density at radius 2 is 1.97 bits per heavy atom. The molecule has 3 aromatic rings. The molecule has 0 radical (unpaired) electrons. The molecular formula is C21H23N3O5. The van der Waals surface area contributed by atoms with Crippen LogP contribution in [0.5, 0.6) is 11.5 Å². The van der Waals surface area contributed by atoms with Gasteiger partial charge in [0.15, 0.2) is 0 Å². The Kier molecular flexibility index (Phi) is 5.37. The van der Waals surface area contributed by atoms with Crippen molar-refractivity contribution < 1.29 is 24.1 Å². The average molecular weight is 397 g/mol. The highest BCUT2D eigenvalue weighted by atomic mass is 16.5. The number of nitrogens with zero attached hydrogens (tertiary/aromatic N) is 2. The molecule has 0 spiro atoms. The number of phenolic OH excluding ortho intramolecular Hbond substituents is 1. The summed E-state index contributed by atoms with van der Waals surface area (Å²) in [6.45, 7) is 2.28. The number of carbonyl (C=O) groups is 1. The molecule has 29 heavy (non-hydrogen) atoms. The second kappa shape index (κ2) is 8.10. The molecule has 1 aliphatic rings. The van der Waals surface area contributed by atoms with Gasteiger partial charge in [0.2, 0.25) is 0 Å². The lowest BCUT2D eigenvalue weighted by atomic mass is 10.1. The van der Waals surface area contributed by atoms with E-state index in [1.165, 1.54) is 6.07 Å². The highest BCUT2D eigenvalue weighted by Gasteiger charge is 2.27. The number of aromatic hydroxyl groups is 1. The molecule has 0 saturated heterocycles. The van der Waals surface area contributed by atoms with E-state index < -0.39 is 0 Å². The van der Waals surface area contributed by atoms with Crippen molar-refractivity contribution in [3.63, 3.8) is 0 Å². The van der Waals surface area contributed by atoms with Gasteiger partial charge in [-0.25, -0.2) is 0 Å². The summed E-state index contributed by atoms with van der Waals surface area (Å²) in [7, 11) is 3.22. The fraction of sp³-hybridized carbons (Fsp3) is 0.333. The molecule has 4 rings (SSSR count). The second-order valence-electron chi connectivity index (χ2n) is 6.95. The lowest BCUT2D eigenvalue weighted by Crippen LogP contribution is -2.25. The maximum absolute atomic E-state index is 13.1. The van der Waals surface area contributed by atoms with E-state index in [2.05, 4.69) is 10.2 Å². The molecule has 2 N–H and O–H groups in total. The Morgan fingerprint density at radius 3 is 2.76 bits per heavy atom. The number of carbonyl (C=O) groups excluding carboxylic acids is 1. The number of hydrogen-bond acceptors (Lipinski definition) is 6. The van der Waals surface area contributed by atoms with Crippen LogP contribution in [0.25, 0.3) is 10.9 Å². The molecule has 0 aliphatic carbocycles. The van der Waals surface area contributed by atoms with E-state index in [1.807, 2.05) is 18.2 Å². The quantitative estimate of drug-likeness (QED) is 0.595. The van der Waals surface area contributed by atoms with Crippen LogP contribution in [0.15, 0.2) is 30.3 Å². The van der Waals surface area contributed by atoms with Crippen molar-refractivity contribution in [1.82, 2.24) is 15.1 Å². The molecule has 2 aromatic carbocycles. The number of benzene rings is 2. The van der Waals surface area contributed by atoms with E-state index in [1.54, 1.807) is 25.2 Å². The van der Waals surface area contributed by atoms with Crippen LogP contribution in [-0.2, 0) is 29.2 Å². The maximum atomic E-state index is 13.1. The molecule has 0 bridgehead atoms. The fourth-order valence-electron chi connectivity index (χ4n) is 3.54. The minimum absolute atomic E-state index is 0.0856. The van der Waals surface area contributed by atoms with Crippen LogP contribution in [0.4, 0.5) is 0 Å². The second-order valence-corrected chi connectivity index (χ2v) is 6.95. The number of aromatic amines is 1. The van der Waals surface area contributed by atoms with Gasteiger partial charge in [0.1, 0.15) is 18.1 Å². The van der Waals surface area contributed by atoms with Gasteiger partial charge in [0.05, 0.1) is 30.0 Å². The molecule has 0 fully saturated rings. The summed E-state index contributed by atoms with van der Waals surface area (Å²) in [5, 5.41) is 18.2. The van der Waals surface area contributed by atoms with E-state index in [0.717, 1.165) is 28.0 Å². The Labute approximate surface area is 168 Å². The van der Waals surface area contributed by atoms with Crippen molar-refractivity contribution in [3.8, 4) is 11.5 Å². The highest BCUT2D eigenvalue weighted by Crippen LogP contribution is 2.32. The van der Waals surface area contributed by atoms with E-state index in [9.17, 15) is 9.90 Å². The third-order valence-corrected chi connectivity index (χ3v) is 5.01. The first-order chi connectivity index (χ1) is 14.1. The molecular weight excluding hydrogens is 374 g/mol. The van der Waals surface area contributed by atoms with Crippen LogP contribution in [0.3, 0.4) is 0 Å². The number of hydrogen-bond donors (Lipinski definition) is 2. The SMILES string of the molecule is COCCOc1ccc2c(c1)CN(C(=O)c1cc3c(COC)[nH]nc3cc1O)C2. The normalized spacial score (nSPS) is 13.1. The minimum atomic E-state index is -0.230. The molecule has 0 saturated carbocycles. The van der Waals surface area contributed by atoms with Crippen LogP contribution in [0.2, 0.25) is 0 Å². The first-order valence-corrected chi connectivity index (χ1v) is 9.32. The number of methoxy groups -OCH3 is 2. The molecule has 152 valence electrons. The summed E-state index contributed by atoms with van der Waals surface area (Å²) in [4.78, 5) is 14.8. The van der Waals surface area contributed by atoms with E-state index in [0.29, 0.717) is 38.4 Å². The van der Waals surface area contributed by atoms with Gasteiger partial charge < -0.3 is 24.2 Å². The number of phenols is 1. The summed E-state index contributed by atoms with van der Waals surface area (Å²) in [6, 6.07) is 9.00. The third-order valence-electron chi connectivity index (χ3n) is 5.01. The summed E-state index contributed by atoms with van der Waals surface area (Å²) >= 11 is 0. The predicted molar refractivity (Wildman–Crippen MR) is 106 cm³/mol. The molecule has 0 atom stereocenters. The van der Waals surface area contributed by atoms with Crippen molar-refractivity contribution in [2.75, 3.05) is 27.4 Å². The van der Waals surface area contributed by atoms with Gasteiger partial charge in [-0.1, -0.05) is 6.07 Å². The van der Waals surface area contributed by atoms with Gasteiger partial charge in [-0.05, 0) is 29.3 Å². The van der Waals surface area contributed by atoms with Crippen molar-refractivity contribution >= 4 is 16.8 Å². The van der Waals surface area contributed by atoms with Crippen molar-refractivity contribution in [3.05, 3.63) is 52.7 Å². The van der Waals surface area contributed by atoms with Gasteiger partial charge in [-0.15, -0.1) is 0 Å². The number of fused-ring (bicyclic) bond motifs is 2. The molecule has 1 aromatic heterocycles. The number of rotatable bonds is 7. The van der Waals surface area contributed by atoms with Gasteiger partial charge in [0, 0.05) is 38.8 Å². The van der Waals surface area contributed by atoms with Crippen molar-refractivity contribution in [1.29, 1.82) is 0 Å². The molecule has 0 unspecified atom stereocenters. The fourth-order valence-corrected chi connectivity index (χ4v) is 3.54. The smallest absolute Gasteiger partial charge is 0.258 e.